The van der Waals surface area contributed by atoms with Crippen LogP contribution in [0.25, 0.3) is 0 Å². The van der Waals surface area contributed by atoms with Crippen molar-refractivity contribution in [2.24, 2.45) is 4.99 Å². The van der Waals surface area contributed by atoms with E-state index in [1.54, 1.807) is 23.5 Å². The number of hydrogen-bond acceptors (Lipinski definition) is 5. The Hall–Kier alpha value is -2.42. The molecule has 0 aliphatic carbocycles. The molecule has 6 nitrogen and oxygen atoms in total. The Bertz CT molecular complexity index is 768. The quantitative estimate of drug-likeness (QED) is 0.454. The molecule has 1 aromatic carbocycles. The SMILES string of the molecule is CCCOc1ccc(CN=C(NCC)NCc2cnc(C)s2)c(OC(F)F)c1. The minimum atomic E-state index is -2.91. The fourth-order valence-electron chi connectivity index (χ4n) is 2.34. The minimum Gasteiger partial charge on any atom is -0.493 e. The Kier molecular flexibility index (Phi) is 8.93. The molecule has 0 aliphatic rings. The van der Waals surface area contributed by atoms with Crippen molar-refractivity contribution >= 4 is 17.3 Å². The average molecular weight is 413 g/mol. The van der Waals surface area contributed by atoms with Gasteiger partial charge in [0.2, 0.25) is 0 Å². The maximum atomic E-state index is 12.8. The third-order valence-corrected chi connectivity index (χ3v) is 4.49. The highest BCUT2D eigenvalue weighted by Crippen LogP contribution is 2.27. The van der Waals surface area contributed by atoms with Crippen molar-refractivity contribution in [1.29, 1.82) is 0 Å². The molecule has 154 valence electrons. The third-order valence-electron chi connectivity index (χ3n) is 3.58. The molecule has 2 N–H and O–H groups in total. The fourth-order valence-corrected chi connectivity index (χ4v) is 3.08. The first-order valence-electron chi connectivity index (χ1n) is 9.15. The molecule has 1 heterocycles. The largest absolute Gasteiger partial charge is 0.493 e. The van der Waals surface area contributed by atoms with E-state index in [2.05, 4.69) is 25.3 Å². The van der Waals surface area contributed by atoms with Gasteiger partial charge in [0.25, 0.3) is 0 Å². The molecule has 0 fully saturated rings. The van der Waals surface area contributed by atoms with Crippen molar-refractivity contribution in [3.05, 3.63) is 39.8 Å². The summed E-state index contributed by atoms with van der Waals surface area (Å²) in [5.74, 6) is 1.15. The van der Waals surface area contributed by atoms with Gasteiger partial charge in [-0.1, -0.05) is 6.92 Å². The van der Waals surface area contributed by atoms with Crippen molar-refractivity contribution in [2.75, 3.05) is 13.2 Å². The van der Waals surface area contributed by atoms with Gasteiger partial charge in [0.05, 0.1) is 24.7 Å². The second-order valence-electron chi connectivity index (χ2n) is 5.89. The molecule has 2 aromatic rings. The molecule has 28 heavy (non-hydrogen) atoms. The molecule has 0 aliphatic heterocycles. The number of thiazole rings is 1. The van der Waals surface area contributed by atoms with Crippen LogP contribution in [0, 0.1) is 6.92 Å². The second-order valence-corrected chi connectivity index (χ2v) is 7.21. The summed E-state index contributed by atoms with van der Waals surface area (Å²) < 4.78 is 35.7. The molecule has 1 aromatic heterocycles. The maximum Gasteiger partial charge on any atom is 0.387 e. The normalized spacial score (nSPS) is 11.6. The summed E-state index contributed by atoms with van der Waals surface area (Å²) in [5.41, 5.74) is 0.551. The number of alkyl halides is 2. The fraction of sp³-hybridized carbons (Fsp3) is 0.474. The molecule has 0 amide bonds. The number of benzene rings is 1. The van der Waals surface area contributed by atoms with Crippen molar-refractivity contribution in [1.82, 2.24) is 15.6 Å². The first kappa shape index (κ1) is 21.9. The van der Waals surface area contributed by atoms with Crippen molar-refractivity contribution < 1.29 is 18.3 Å². The summed E-state index contributed by atoms with van der Waals surface area (Å²) in [4.78, 5) is 9.79. The van der Waals surface area contributed by atoms with Gasteiger partial charge in [-0.05, 0) is 32.4 Å². The molecule has 0 radical (unpaired) electrons. The highest BCUT2D eigenvalue weighted by atomic mass is 32.1. The number of ether oxygens (including phenoxy) is 2. The molecule has 0 saturated heterocycles. The van der Waals surface area contributed by atoms with Crippen LogP contribution in [0.5, 0.6) is 11.5 Å². The van der Waals surface area contributed by atoms with E-state index in [1.807, 2.05) is 27.0 Å². The van der Waals surface area contributed by atoms with Gasteiger partial charge in [-0.2, -0.15) is 8.78 Å². The molecule has 9 heteroatoms. The minimum absolute atomic E-state index is 0.0706. The van der Waals surface area contributed by atoms with E-state index in [4.69, 9.17) is 4.74 Å². The lowest BCUT2D eigenvalue weighted by molar-refractivity contribution is -0.0505. The van der Waals surface area contributed by atoms with Crippen LogP contribution in [0.2, 0.25) is 0 Å². The zero-order valence-electron chi connectivity index (χ0n) is 16.3. The van der Waals surface area contributed by atoms with Crippen LogP contribution in [-0.2, 0) is 13.1 Å². The van der Waals surface area contributed by atoms with Gasteiger partial charge in [0, 0.05) is 29.2 Å². The van der Waals surface area contributed by atoms with Crippen LogP contribution in [0.4, 0.5) is 8.78 Å². The van der Waals surface area contributed by atoms with Gasteiger partial charge in [-0.3, -0.25) is 0 Å². The lowest BCUT2D eigenvalue weighted by atomic mass is 10.2. The molecule has 2 rings (SSSR count). The van der Waals surface area contributed by atoms with Crippen LogP contribution in [-0.4, -0.2) is 30.7 Å². The highest BCUT2D eigenvalue weighted by Gasteiger charge is 2.12. The second kappa shape index (κ2) is 11.4. The van der Waals surface area contributed by atoms with Crippen molar-refractivity contribution in [3.8, 4) is 11.5 Å². The standard InChI is InChI=1S/C19H26F2N4O2S/c1-4-8-26-15-7-6-14(17(9-15)27-18(20)21)10-24-19(22-5-2)25-12-16-11-23-13(3)28-16/h6-7,9,11,18H,4-5,8,10,12H2,1-3H3,(H2,22,24,25). The monoisotopic (exact) mass is 412 g/mol. The number of nitrogens with one attached hydrogen (secondary N) is 2. The lowest BCUT2D eigenvalue weighted by Crippen LogP contribution is -2.36. The predicted octanol–water partition coefficient (Wildman–Crippen LogP) is 4.10. The number of halogens is 2. The third kappa shape index (κ3) is 7.30. The van der Waals surface area contributed by atoms with Gasteiger partial charge >= 0.3 is 6.61 Å². The summed E-state index contributed by atoms with van der Waals surface area (Å²) in [6.45, 7) is 4.93. The molecular formula is C19H26F2N4O2S. The number of aliphatic imine (C=N–C) groups is 1. The highest BCUT2D eigenvalue weighted by molar-refractivity contribution is 7.11. The number of guanidine groups is 1. The van der Waals surface area contributed by atoms with E-state index < -0.39 is 6.61 Å². The number of aromatic nitrogens is 1. The Morgan fingerprint density at radius 1 is 1.29 bits per heavy atom. The van der Waals surface area contributed by atoms with Crippen molar-refractivity contribution in [3.63, 3.8) is 0 Å². The number of hydrogen-bond donors (Lipinski definition) is 2. The van der Waals surface area contributed by atoms with E-state index in [9.17, 15) is 8.78 Å². The smallest absolute Gasteiger partial charge is 0.387 e. The van der Waals surface area contributed by atoms with E-state index >= 15 is 0 Å². The predicted molar refractivity (Wildman–Crippen MR) is 107 cm³/mol. The van der Waals surface area contributed by atoms with E-state index in [0.29, 0.717) is 37.0 Å². The molecule has 0 spiro atoms. The van der Waals surface area contributed by atoms with Gasteiger partial charge in [-0.15, -0.1) is 11.3 Å². The lowest BCUT2D eigenvalue weighted by Gasteiger charge is -2.14. The average Bonchev–Trinajstić information content (AvgIpc) is 3.08. The van der Waals surface area contributed by atoms with Crippen molar-refractivity contribution in [2.45, 2.75) is 46.9 Å². The van der Waals surface area contributed by atoms with Crippen LogP contribution in [0.15, 0.2) is 29.4 Å². The van der Waals surface area contributed by atoms with Gasteiger partial charge in [0.15, 0.2) is 5.96 Å². The number of aryl methyl sites for hydroxylation is 1. The van der Waals surface area contributed by atoms with Crippen LogP contribution in [0.3, 0.4) is 0 Å². The number of rotatable bonds is 10. The number of nitrogens with zero attached hydrogens (tertiary/aromatic N) is 2. The Balaban J connectivity index is 2.09. The topological polar surface area (TPSA) is 67.8 Å². The summed E-state index contributed by atoms with van der Waals surface area (Å²) in [7, 11) is 0. The summed E-state index contributed by atoms with van der Waals surface area (Å²) >= 11 is 1.61. The Morgan fingerprint density at radius 3 is 2.75 bits per heavy atom. The van der Waals surface area contributed by atoms with E-state index in [0.717, 1.165) is 16.3 Å². The van der Waals surface area contributed by atoms with Crippen LogP contribution < -0.4 is 20.1 Å². The van der Waals surface area contributed by atoms with E-state index in [1.165, 1.54) is 6.07 Å². The first-order valence-corrected chi connectivity index (χ1v) is 9.97. The molecular weight excluding hydrogens is 386 g/mol. The maximum absolute atomic E-state index is 12.8. The first-order chi connectivity index (χ1) is 13.5. The zero-order chi connectivity index (χ0) is 20.4. The van der Waals surface area contributed by atoms with Gasteiger partial charge < -0.3 is 20.1 Å². The summed E-state index contributed by atoms with van der Waals surface area (Å²) in [6.07, 6.45) is 2.65. The Morgan fingerprint density at radius 2 is 2.11 bits per heavy atom. The van der Waals surface area contributed by atoms with Gasteiger partial charge in [-0.25, -0.2) is 9.98 Å². The summed E-state index contributed by atoms with van der Waals surface area (Å²) in [5, 5.41) is 7.35. The molecule has 0 bridgehead atoms. The van der Waals surface area contributed by atoms with E-state index in [-0.39, 0.29) is 12.3 Å². The Labute approximate surface area is 168 Å². The molecule has 0 unspecified atom stereocenters. The zero-order valence-corrected chi connectivity index (χ0v) is 17.1. The van der Waals surface area contributed by atoms with Crippen LogP contribution >= 0.6 is 11.3 Å². The molecule has 0 atom stereocenters. The molecule has 0 saturated carbocycles. The summed E-state index contributed by atoms with van der Waals surface area (Å²) in [6, 6.07) is 4.91. The van der Waals surface area contributed by atoms with Gasteiger partial charge in [0.1, 0.15) is 11.5 Å². The van der Waals surface area contributed by atoms with Crippen LogP contribution in [0.1, 0.15) is 35.7 Å².